The van der Waals surface area contributed by atoms with E-state index in [1.54, 1.807) is 0 Å². The molecule has 8 heteroatoms. The van der Waals surface area contributed by atoms with Crippen LogP contribution in [0.3, 0.4) is 0 Å². The minimum absolute atomic E-state index is 0.480. The van der Waals surface area contributed by atoms with Crippen molar-refractivity contribution in [2.75, 3.05) is 0 Å². The van der Waals surface area contributed by atoms with Gasteiger partial charge in [0, 0.05) is 0 Å². The van der Waals surface area contributed by atoms with E-state index in [4.69, 9.17) is 5.11 Å². The zero-order valence-electron chi connectivity index (χ0n) is 8.55. The van der Waals surface area contributed by atoms with Crippen LogP contribution in [0.25, 0.3) is 0 Å². The summed E-state index contributed by atoms with van der Waals surface area (Å²) < 4.78 is 22.7. The molecule has 2 saturated heterocycles. The third kappa shape index (κ3) is 1.04. The summed E-state index contributed by atoms with van der Waals surface area (Å²) in [5, 5.41) is 7.99. The van der Waals surface area contributed by atoms with E-state index in [-0.39, 0.29) is 0 Å². The van der Waals surface area contributed by atoms with Crippen LogP contribution in [0.4, 0.5) is 0 Å². The molecular weight excluding hydrogens is 302 g/mol. The molecule has 3 atom stereocenters. The Bertz CT molecular complexity index is 485. The Balaban J connectivity index is 2.60. The summed E-state index contributed by atoms with van der Waals surface area (Å²) in [4.78, 5) is 22.7. The highest BCUT2D eigenvalue weighted by molar-refractivity contribution is 9.10. The molecule has 6 nitrogen and oxygen atoms in total. The number of carbonyl (C=O) groups excluding carboxylic acids is 1. The van der Waals surface area contributed by atoms with Crippen LogP contribution in [0.5, 0.6) is 0 Å². The smallest absolute Gasteiger partial charge is 0.328 e. The number of sulfone groups is 1. The molecule has 90 valence electrons. The van der Waals surface area contributed by atoms with E-state index in [1.807, 2.05) is 0 Å². The maximum Gasteiger partial charge on any atom is 0.328 e. The fraction of sp³-hybridized carbons (Fsp3) is 0.750. The van der Waals surface area contributed by atoms with Gasteiger partial charge in [0.15, 0.2) is 15.2 Å². The van der Waals surface area contributed by atoms with Crippen LogP contribution < -0.4 is 0 Å². The van der Waals surface area contributed by atoms with Gasteiger partial charge in [-0.05, 0) is 13.8 Å². The number of amides is 1. The van der Waals surface area contributed by atoms with Crippen molar-refractivity contribution in [1.82, 2.24) is 4.90 Å². The molecule has 0 aromatic carbocycles. The Labute approximate surface area is 101 Å². The van der Waals surface area contributed by atoms with Crippen LogP contribution in [0.15, 0.2) is 0 Å². The number of hydrogen-bond acceptors (Lipinski definition) is 4. The number of carboxylic acid groups (broad SMARTS) is 1. The largest absolute Gasteiger partial charge is 0.480 e. The summed E-state index contributed by atoms with van der Waals surface area (Å²) in [6, 6.07) is -1.30. The summed E-state index contributed by atoms with van der Waals surface area (Å²) in [5.74, 6) is -1.77. The van der Waals surface area contributed by atoms with E-state index in [0.29, 0.717) is 0 Å². The van der Waals surface area contributed by atoms with Crippen LogP contribution in [0.1, 0.15) is 13.8 Å². The number of rotatable bonds is 1. The minimum atomic E-state index is -3.66. The number of carboxylic acids is 1. The van der Waals surface area contributed by atoms with Crippen molar-refractivity contribution in [1.29, 1.82) is 0 Å². The zero-order chi connectivity index (χ0) is 12.5. The Morgan fingerprint density at radius 2 is 2.00 bits per heavy atom. The molecule has 1 N–H and O–H groups in total. The number of carbonyl (C=O) groups is 2. The predicted octanol–water partition coefficient (Wildman–Crippen LogP) is -0.422. The van der Waals surface area contributed by atoms with Gasteiger partial charge in [-0.1, -0.05) is 15.9 Å². The molecule has 0 bridgehead atoms. The second-order valence-corrected chi connectivity index (χ2v) is 8.04. The first-order chi connectivity index (χ1) is 7.14. The van der Waals surface area contributed by atoms with Gasteiger partial charge >= 0.3 is 5.97 Å². The molecule has 0 aliphatic carbocycles. The van der Waals surface area contributed by atoms with Gasteiger partial charge in [0.25, 0.3) is 0 Å². The fourth-order valence-corrected chi connectivity index (χ4v) is 5.69. The maximum absolute atomic E-state index is 12.1. The quantitative estimate of drug-likeness (QED) is 0.524. The van der Waals surface area contributed by atoms with E-state index < -0.39 is 42.7 Å². The number of aliphatic carboxylic acids is 1. The molecule has 2 fully saturated rings. The molecule has 0 radical (unpaired) electrons. The molecule has 2 heterocycles. The van der Waals surface area contributed by atoms with E-state index in [1.165, 1.54) is 13.8 Å². The van der Waals surface area contributed by atoms with Crippen molar-refractivity contribution in [3.63, 3.8) is 0 Å². The SMILES string of the molecule is CC1(C)[C@H](C(=O)O)N2C(=O)C(Br)C2S1(=O)=O. The molecular formula is C8H10BrNO5S. The molecule has 2 unspecified atom stereocenters. The van der Waals surface area contributed by atoms with Gasteiger partial charge in [-0.2, -0.15) is 0 Å². The van der Waals surface area contributed by atoms with E-state index in [0.717, 1.165) is 4.90 Å². The number of hydrogen-bond donors (Lipinski definition) is 1. The third-order valence-corrected chi connectivity index (χ3v) is 7.30. The van der Waals surface area contributed by atoms with Gasteiger partial charge in [-0.25, -0.2) is 13.2 Å². The molecule has 0 aromatic heterocycles. The lowest BCUT2D eigenvalue weighted by Crippen LogP contribution is -2.64. The number of halogens is 1. The number of alkyl halides is 1. The molecule has 0 aromatic rings. The average molecular weight is 312 g/mol. The summed E-state index contributed by atoms with van der Waals surface area (Å²) in [5.41, 5.74) is 0. The molecule has 2 aliphatic heterocycles. The second-order valence-electron chi connectivity index (χ2n) is 4.43. The molecule has 2 aliphatic rings. The summed E-state index contributed by atoms with van der Waals surface area (Å²) in [6.45, 7) is 2.68. The average Bonchev–Trinajstić information content (AvgIpc) is 2.28. The first-order valence-corrected chi connectivity index (χ1v) is 7.02. The molecule has 1 amide bonds. The molecule has 0 saturated carbocycles. The van der Waals surface area contributed by atoms with Crippen LogP contribution in [0, 0.1) is 0 Å². The van der Waals surface area contributed by atoms with E-state index in [2.05, 4.69) is 15.9 Å². The van der Waals surface area contributed by atoms with Gasteiger partial charge < -0.3 is 10.0 Å². The lowest BCUT2D eigenvalue weighted by Gasteiger charge is -2.39. The van der Waals surface area contributed by atoms with Crippen molar-refractivity contribution in [3.8, 4) is 0 Å². The lowest BCUT2D eigenvalue weighted by molar-refractivity contribution is -0.156. The van der Waals surface area contributed by atoms with Gasteiger partial charge in [0.05, 0.1) is 0 Å². The monoisotopic (exact) mass is 311 g/mol. The predicted molar refractivity (Wildman–Crippen MR) is 57.8 cm³/mol. The lowest BCUT2D eigenvalue weighted by atomic mass is 9.98. The number of β-lactam (4-membered cyclic amide) rings is 1. The second kappa shape index (κ2) is 2.98. The highest BCUT2D eigenvalue weighted by Gasteiger charge is 2.71. The van der Waals surface area contributed by atoms with Crippen LogP contribution in [-0.2, 0) is 19.4 Å². The Morgan fingerprint density at radius 3 is 2.44 bits per heavy atom. The first-order valence-electron chi connectivity index (χ1n) is 4.56. The van der Waals surface area contributed by atoms with Crippen LogP contribution in [0.2, 0.25) is 0 Å². The fourth-order valence-electron chi connectivity index (χ4n) is 2.25. The highest BCUT2D eigenvalue weighted by Crippen LogP contribution is 2.48. The van der Waals surface area contributed by atoms with Crippen molar-refractivity contribution in [2.24, 2.45) is 0 Å². The Hall–Kier alpha value is -0.630. The van der Waals surface area contributed by atoms with Gasteiger partial charge in [0.2, 0.25) is 5.91 Å². The third-order valence-electron chi connectivity index (χ3n) is 3.24. The Morgan fingerprint density at radius 1 is 1.50 bits per heavy atom. The molecule has 16 heavy (non-hydrogen) atoms. The van der Waals surface area contributed by atoms with E-state index >= 15 is 0 Å². The van der Waals surface area contributed by atoms with E-state index in [9.17, 15) is 18.0 Å². The normalized spacial score (nSPS) is 39.1. The van der Waals surface area contributed by atoms with Crippen molar-refractivity contribution in [3.05, 3.63) is 0 Å². The topological polar surface area (TPSA) is 91.8 Å². The summed E-state index contributed by atoms with van der Waals surface area (Å²) >= 11 is 2.97. The van der Waals surface area contributed by atoms with Crippen molar-refractivity contribution < 1.29 is 23.1 Å². The van der Waals surface area contributed by atoms with Gasteiger partial charge in [-0.15, -0.1) is 0 Å². The summed E-state index contributed by atoms with van der Waals surface area (Å²) in [7, 11) is -3.66. The van der Waals surface area contributed by atoms with Crippen LogP contribution in [-0.4, -0.2) is 51.3 Å². The Kier molecular flexibility index (Phi) is 2.20. The van der Waals surface area contributed by atoms with Crippen LogP contribution >= 0.6 is 15.9 Å². The maximum atomic E-state index is 12.1. The minimum Gasteiger partial charge on any atom is -0.480 e. The number of fused-ring (bicyclic) bond motifs is 1. The van der Waals surface area contributed by atoms with Gasteiger partial charge in [0.1, 0.15) is 15.6 Å². The molecule has 2 rings (SSSR count). The van der Waals surface area contributed by atoms with Crippen molar-refractivity contribution in [2.45, 2.75) is 34.8 Å². The van der Waals surface area contributed by atoms with Gasteiger partial charge in [-0.3, -0.25) is 4.79 Å². The molecule has 0 spiro atoms. The number of nitrogens with zero attached hydrogens (tertiary/aromatic N) is 1. The highest BCUT2D eigenvalue weighted by atomic mass is 79.9. The zero-order valence-corrected chi connectivity index (χ0v) is 10.9. The summed E-state index contributed by atoms with van der Waals surface area (Å²) in [6.07, 6.45) is 0. The first kappa shape index (κ1) is 11.8. The van der Waals surface area contributed by atoms with Crippen molar-refractivity contribution >= 4 is 37.6 Å². The standard InChI is InChI=1S/C8H10BrNO5S/c1-8(2)4(7(12)13)10-5(11)3(9)6(10)16(8,14)15/h3-4,6H,1-2H3,(H,12,13)/t3?,4-,6?/m0/s1.